The molecule has 0 aliphatic carbocycles. The fourth-order valence-electron chi connectivity index (χ4n) is 2.21. The van der Waals surface area contributed by atoms with Gasteiger partial charge in [0, 0.05) is 19.5 Å². The quantitative estimate of drug-likeness (QED) is 0.730. The minimum Gasteiger partial charge on any atom is -0.465 e. The normalized spacial score (nSPS) is 16.7. The van der Waals surface area contributed by atoms with Gasteiger partial charge in [-0.2, -0.15) is 0 Å². The molecule has 0 atom stereocenters. The molecule has 5 nitrogen and oxygen atoms in total. The van der Waals surface area contributed by atoms with Gasteiger partial charge in [0.1, 0.15) is 5.60 Å². The molecular weight excluding hydrogens is 270 g/mol. The van der Waals surface area contributed by atoms with E-state index in [1.54, 1.807) is 4.90 Å². The average Bonchev–Trinajstić information content (AvgIpc) is 2.41. The van der Waals surface area contributed by atoms with E-state index < -0.39 is 5.60 Å². The van der Waals surface area contributed by atoms with Crippen molar-refractivity contribution in [3.05, 3.63) is 0 Å². The molecule has 0 saturated carbocycles. The van der Waals surface area contributed by atoms with Crippen LogP contribution in [0.15, 0.2) is 0 Å². The largest absolute Gasteiger partial charge is 0.465 e. The van der Waals surface area contributed by atoms with Crippen molar-refractivity contribution < 1.29 is 19.1 Å². The Kier molecular flexibility index (Phi) is 6.99. The first-order chi connectivity index (χ1) is 9.81. The summed E-state index contributed by atoms with van der Waals surface area (Å²) in [5.41, 5.74) is -0.456. The number of hydrogen-bond donors (Lipinski definition) is 0. The highest BCUT2D eigenvalue weighted by Crippen LogP contribution is 2.20. The van der Waals surface area contributed by atoms with Crippen LogP contribution in [-0.2, 0) is 14.3 Å². The van der Waals surface area contributed by atoms with E-state index in [2.05, 4.69) is 6.92 Å². The van der Waals surface area contributed by atoms with Crippen LogP contribution in [0.25, 0.3) is 0 Å². The maximum absolute atomic E-state index is 11.9. The van der Waals surface area contributed by atoms with Crippen LogP contribution in [0, 0.1) is 5.92 Å². The molecule has 1 heterocycles. The van der Waals surface area contributed by atoms with E-state index in [9.17, 15) is 9.59 Å². The van der Waals surface area contributed by atoms with Crippen LogP contribution in [0.4, 0.5) is 4.79 Å². The van der Waals surface area contributed by atoms with Crippen LogP contribution in [0.3, 0.4) is 0 Å². The summed E-state index contributed by atoms with van der Waals surface area (Å²) in [4.78, 5) is 25.1. The summed E-state index contributed by atoms with van der Waals surface area (Å²) < 4.78 is 10.6. The third-order valence-corrected chi connectivity index (χ3v) is 3.48. The molecule has 0 unspecified atom stereocenters. The predicted molar refractivity (Wildman–Crippen MR) is 81.0 cm³/mol. The lowest BCUT2D eigenvalue weighted by molar-refractivity contribution is -0.145. The molecule has 0 aromatic rings. The zero-order valence-electron chi connectivity index (χ0n) is 13.8. The molecule has 21 heavy (non-hydrogen) atoms. The van der Waals surface area contributed by atoms with E-state index in [1.807, 2.05) is 20.8 Å². The predicted octanol–water partition coefficient (Wildman–Crippen LogP) is 3.37. The average molecular weight is 299 g/mol. The number of carbonyl (C=O) groups excluding carboxylic acids is 2. The highest BCUT2D eigenvalue weighted by molar-refractivity contribution is 5.69. The maximum Gasteiger partial charge on any atom is 0.410 e. The summed E-state index contributed by atoms with van der Waals surface area (Å²) in [6.45, 7) is 9.48. The first-order valence-electron chi connectivity index (χ1n) is 7.95. The van der Waals surface area contributed by atoms with Crippen molar-refractivity contribution in [3.63, 3.8) is 0 Å². The van der Waals surface area contributed by atoms with Crippen molar-refractivity contribution in [3.8, 4) is 0 Å². The fourth-order valence-corrected chi connectivity index (χ4v) is 2.21. The van der Waals surface area contributed by atoms with Crippen molar-refractivity contribution in [1.82, 2.24) is 4.90 Å². The standard InChI is InChI=1S/C16H29NO4/c1-5-6-7-14(18)20-12-13-8-10-17(11-9-13)15(19)21-16(2,3)4/h13H,5-12H2,1-4H3. The van der Waals surface area contributed by atoms with Gasteiger partial charge in [0.05, 0.1) is 6.61 Å². The Balaban J connectivity index is 2.23. The molecule has 5 heteroatoms. The lowest BCUT2D eigenvalue weighted by Crippen LogP contribution is -2.42. The second-order valence-electron chi connectivity index (χ2n) is 6.70. The molecule has 0 bridgehead atoms. The maximum atomic E-state index is 11.9. The highest BCUT2D eigenvalue weighted by atomic mass is 16.6. The molecule has 0 radical (unpaired) electrons. The Labute approximate surface area is 128 Å². The molecule has 0 aromatic carbocycles. The lowest BCUT2D eigenvalue weighted by atomic mass is 9.98. The zero-order chi connectivity index (χ0) is 15.9. The van der Waals surface area contributed by atoms with Crippen LogP contribution in [0.1, 0.15) is 59.8 Å². The number of unbranched alkanes of at least 4 members (excludes halogenated alkanes) is 1. The van der Waals surface area contributed by atoms with Crippen LogP contribution in [0.2, 0.25) is 0 Å². The van der Waals surface area contributed by atoms with Crippen LogP contribution < -0.4 is 0 Å². The van der Waals surface area contributed by atoms with Crippen molar-refractivity contribution in [1.29, 1.82) is 0 Å². The minimum absolute atomic E-state index is 0.105. The number of ether oxygens (including phenoxy) is 2. The number of hydrogen-bond acceptors (Lipinski definition) is 4. The summed E-state index contributed by atoms with van der Waals surface area (Å²) in [6.07, 6.45) is 3.87. The Morgan fingerprint density at radius 3 is 2.33 bits per heavy atom. The van der Waals surface area contributed by atoms with Crippen molar-refractivity contribution in [2.24, 2.45) is 5.92 Å². The van der Waals surface area contributed by atoms with Gasteiger partial charge in [-0.15, -0.1) is 0 Å². The Morgan fingerprint density at radius 2 is 1.81 bits per heavy atom. The summed E-state index contributed by atoms with van der Waals surface area (Å²) in [6, 6.07) is 0. The van der Waals surface area contributed by atoms with Gasteiger partial charge in [-0.05, 0) is 46.0 Å². The van der Waals surface area contributed by atoms with Crippen LogP contribution in [0.5, 0.6) is 0 Å². The Bertz CT molecular complexity index is 341. The molecule has 1 aliphatic rings. The molecule has 0 spiro atoms. The number of carbonyl (C=O) groups is 2. The van der Waals surface area contributed by atoms with Gasteiger partial charge in [-0.25, -0.2) is 4.79 Å². The lowest BCUT2D eigenvalue weighted by Gasteiger charge is -2.33. The van der Waals surface area contributed by atoms with E-state index in [0.717, 1.165) is 25.7 Å². The van der Waals surface area contributed by atoms with Gasteiger partial charge in [-0.3, -0.25) is 4.79 Å². The summed E-state index contributed by atoms with van der Waals surface area (Å²) >= 11 is 0. The topological polar surface area (TPSA) is 55.8 Å². The third-order valence-electron chi connectivity index (χ3n) is 3.48. The fraction of sp³-hybridized carbons (Fsp3) is 0.875. The molecule has 1 rings (SSSR count). The first-order valence-corrected chi connectivity index (χ1v) is 7.95. The molecule has 1 fully saturated rings. The molecule has 0 aromatic heterocycles. The Morgan fingerprint density at radius 1 is 1.19 bits per heavy atom. The van der Waals surface area contributed by atoms with Crippen molar-refractivity contribution in [2.45, 2.75) is 65.4 Å². The van der Waals surface area contributed by atoms with Gasteiger partial charge in [0.2, 0.25) is 0 Å². The van der Waals surface area contributed by atoms with E-state index in [1.165, 1.54) is 0 Å². The highest BCUT2D eigenvalue weighted by Gasteiger charge is 2.27. The van der Waals surface area contributed by atoms with Gasteiger partial charge in [0.15, 0.2) is 0 Å². The van der Waals surface area contributed by atoms with Crippen molar-refractivity contribution >= 4 is 12.1 Å². The third kappa shape index (κ3) is 7.34. The van der Waals surface area contributed by atoms with Gasteiger partial charge in [-0.1, -0.05) is 13.3 Å². The number of rotatable bonds is 5. The Hall–Kier alpha value is -1.26. The van der Waals surface area contributed by atoms with Crippen molar-refractivity contribution in [2.75, 3.05) is 19.7 Å². The first kappa shape index (κ1) is 17.8. The molecule has 1 aliphatic heterocycles. The van der Waals surface area contributed by atoms with Crippen LogP contribution in [-0.4, -0.2) is 42.3 Å². The van der Waals surface area contributed by atoms with Crippen LogP contribution >= 0.6 is 0 Å². The van der Waals surface area contributed by atoms with Gasteiger partial charge >= 0.3 is 12.1 Å². The SMILES string of the molecule is CCCCC(=O)OCC1CCN(C(=O)OC(C)(C)C)CC1. The molecule has 0 N–H and O–H groups in total. The van der Waals surface area contributed by atoms with E-state index in [0.29, 0.717) is 32.0 Å². The second-order valence-corrected chi connectivity index (χ2v) is 6.70. The second kappa shape index (κ2) is 8.25. The zero-order valence-corrected chi connectivity index (χ0v) is 13.8. The number of piperidine rings is 1. The van der Waals surface area contributed by atoms with E-state index >= 15 is 0 Å². The van der Waals surface area contributed by atoms with Gasteiger partial charge < -0.3 is 14.4 Å². The molecule has 1 amide bonds. The molecular formula is C16H29NO4. The van der Waals surface area contributed by atoms with Gasteiger partial charge in [0.25, 0.3) is 0 Å². The smallest absolute Gasteiger partial charge is 0.410 e. The summed E-state index contributed by atoms with van der Waals surface area (Å²) in [7, 11) is 0. The molecule has 122 valence electrons. The number of likely N-dealkylation sites (tertiary alicyclic amines) is 1. The summed E-state index contributed by atoms with van der Waals surface area (Å²) in [5.74, 6) is 0.251. The van der Waals surface area contributed by atoms with E-state index in [4.69, 9.17) is 9.47 Å². The summed E-state index contributed by atoms with van der Waals surface area (Å²) in [5, 5.41) is 0. The van der Waals surface area contributed by atoms with E-state index in [-0.39, 0.29) is 12.1 Å². The number of amides is 1. The number of esters is 1. The molecule has 1 saturated heterocycles. The number of nitrogens with zero attached hydrogens (tertiary/aromatic N) is 1. The monoisotopic (exact) mass is 299 g/mol. The minimum atomic E-state index is -0.456.